The van der Waals surface area contributed by atoms with Crippen molar-refractivity contribution in [3.63, 3.8) is 0 Å². The zero-order chi connectivity index (χ0) is 10.3. The van der Waals surface area contributed by atoms with Gasteiger partial charge >= 0.3 is 5.97 Å². The molecule has 0 aliphatic heterocycles. The Morgan fingerprint density at radius 2 is 2.15 bits per heavy atom. The minimum absolute atomic E-state index is 0.0808. The van der Waals surface area contributed by atoms with Crippen LogP contribution in [0.25, 0.3) is 0 Å². The SMILES string of the molecule is CCOC(C)CNC(=O)CC(=O)O. The molecule has 1 atom stereocenters. The van der Waals surface area contributed by atoms with E-state index in [1.54, 1.807) is 0 Å². The van der Waals surface area contributed by atoms with Crippen LogP contribution in [0.3, 0.4) is 0 Å². The monoisotopic (exact) mass is 189 g/mol. The molecular formula is C8H15NO4. The minimum atomic E-state index is -1.12. The molecule has 13 heavy (non-hydrogen) atoms. The van der Waals surface area contributed by atoms with Crippen LogP contribution in [0.15, 0.2) is 0 Å². The lowest BCUT2D eigenvalue weighted by atomic mass is 10.3. The van der Waals surface area contributed by atoms with E-state index < -0.39 is 18.3 Å². The van der Waals surface area contributed by atoms with Gasteiger partial charge in [0.05, 0.1) is 6.10 Å². The third kappa shape index (κ3) is 7.27. The third-order valence-corrected chi connectivity index (χ3v) is 1.35. The summed E-state index contributed by atoms with van der Waals surface area (Å²) in [6.07, 6.45) is -0.568. The molecule has 0 saturated heterocycles. The lowest BCUT2D eigenvalue weighted by molar-refractivity contribution is -0.140. The van der Waals surface area contributed by atoms with E-state index in [9.17, 15) is 9.59 Å². The van der Waals surface area contributed by atoms with E-state index in [4.69, 9.17) is 9.84 Å². The van der Waals surface area contributed by atoms with Crippen molar-refractivity contribution in [3.8, 4) is 0 Å². The largest absolute Gasteiger partial charge is 0.481 e. The summed E-state index contributed by atoms with van der Waals surface area (Å²) >= 11 is 0. The number of nitrogens with one attached hydrogen (secondary N) is 1. The lowest BCUT2D eigenvalue weighted by Crippen LogP contribution is -2.33. The molecule has 5 nitrogen and oxygen atoms in total. The number of ether oxygens (including phenoxy) is 1. The number of rotatable bonds is 6. The van der Waals surface area contributed by atoms with Gasteiger partial charge in [0.15, 0.2) is 0 Å². The average molecular weight is 189 g/mol. The zero-order valence-electron chi connectivity index (χ0n) is 7.87. The molecule has 1 unspecified atom stereocenters. The molecule has 5 heteroatoms. The molecule has 0 radical (unpaired) electrons. The summed E-state index contributed by atoms with van der Waals surface area (Å²) in [6, 6.07) is 0. The summed E-state index contributed by atoms with van der Waals surface area (Å²) in [4.78, 5) is 20.9. The second kappa shape index (κ2) is 6.42. The van der Waals surface area contributed by atoms with Crippen molar-refractivity contribution >= 4 is 11.9 Å². The Balaban J connectivity index is 3.51. The van der Waals surface area contributed by atoms with Crippen LogP contribution in [-0.2, 0) is 14.3 Å². The predicted molar refractivity (Wildman–Crippen MR) is 46.4 cm³/mol. The first-order chi connectivity index (χ1) is 6.06. The Hall–Kier alpha value is -1.10. The minimum Gasteiger partial charge on any atom is -0.481 e. The van der Waals surface area contributed by atoms with Crippen LogP contribution in [0, 0.1) is 0 Å². The van der Waals surface area contributed by atoms with Crippen LogP contribution in [0.4, 0.5) is 0 Å². The first kappa shape index (κ1) is 11.9. The van der Waals surface area contributed by atoms with Crippen LogP contribution in [0.1, 0.15) is 20.3 Å². The predicted octanol–water partition coefficient (Wildman–Crippen LogP) is 0.00230. The Labute approximate surface area is 77.1 Å². The molecule has 0 aromatic heterocycles. The maximum atomic E-state index is 10.8. The van der Waals surface area contributed by atoms with Crippen molar-refractivity contribution < 1.29 is 19.4 Å². The van der Waals surface area contributed by atoms with Gasteiger partial charge in [-0.15, -0.1) is 0 Å². The van der Waals surface area contributed by atoms with E-state index >= 15 is 0 Å². The van der Waals surface area contributed by atoms with Gasteiger partial charge in [-0.2, -0.15) is 0 Å². The molecule has 0 saturated carbocycles. The van der Waals surface area contributed by atoms with Gasteiger partial charge in [0, 0.05) is 13.2 Å². The van der Waals surface area contributed by atoms with Crippen molar-refractivity contribution in [2.24, 2.45) is 0 Å². The van der Waals surface area contributed by atoms with Gasteiger partial charge < -0.3 is 15.2 Å². The highest BCUT2D eigenvalue weighted by atomic mass is 16.5. The van der Waals surface area contributed by atoms with E-state index in [1.165, 1.54) is 0 Å². The fourth-order valence-corrected chi connectivity index (χ4v) is 0.801. The number of hydrogen-bond donors (Lipinski definition) is 2. The number of amides is 1. The normalized spacial score (nSPS) is 12.2. The average Bonchev–Trinajstić information content (AvgIpc) is 2.00. The molecular weight excluding hydrogens is 174 g/mol. The summed E-state index contributed by atoms with van der Waals surface area (Å²) in [5.41, 5.74) is 0. The van der Waals surface area contributed by atoms with Gasteiger partial charge in [-0.25, -0.2) is 0 Å². The van der Waals surface area contributed by atoms with Crippen molar-refractivity contribution in [1.29, 1.82) is 0 Å². The Bertz CT molecular complexity index is 181. The summed E-state index contributed by atoms with van der Waals surface area (Å²) < 4.78 is 5.14. The number of carbonyl (C=O) groups is 2. The topological polar surface area (TPSA) is 75.6 Å². The van der Waals surface area contributed by atoms with Gasteiger partial charge in [-0.3, -0.25) is 9.59 Å². The molecule has 0 aromatic carbocycles. The molecule has 0 bridgehead atoms. The second-order valence-electron chi connectivity index (χ2n) is 2.64. The molecule has 2 N–H and O–H groups in total. The van der Waals surface area contributed by atoms with Gasteiger partial charge in [0.2, 0.25) is 5.91 Å². The van der Waals surface area contributed by atoms with E-state index in [0.717, 1.165) is 0 Å². The van der Waals surface area contributed by atoms with Crippen LogP contribution in [-0.4, -0.2) is 36.2 Å². The molecule has 0 aliphatic carbocycles. The standard InChI is InChI=1S/C8H15NO4/c1-3-13-6(2)5-9-7(10)4-8(11)12/h6H,3-5H2,1-2H3,(H,9,10)(H,11,12). The molecule has 0 spiro atoms. The van der Waals surface area contributed by atoms with E-state index in [-0.39, 0.29) is 6.10 Å². The number of carboxylic acids is 1. The number of carboxylic acid groups (broad SMARTS) is 1. The van der Waals surface area contributed by atoms with Gasteiger partial charge in [0.1, 0.15) is 6.42 Å². The van der Waals surface area contributed by atoms with Crippen molar-refractivity contribution in [2.45, 2.75) is 26.4 Å². The highest BCUT2D eigenvalue weighted by Gasteiger charge is 2.08. The number of aliphatic carboxylic acids is 1. The highest BCUT2D eigenvalue weighted by molar-refractivity contribution is 5.93. The summed E-state index contributed by atoms with van der Waals surface area (Å²) in [5, 5.41) is 10.7. The van der Waals surface area contributed by atoms with Crippen LogP contribution >= 0.6 is 0 Å². The molecule has 0 fully saturated rings. The first-order valence-electron chi connectivity index (χ1n) is 4.16. The molecule has 0 aliphatic rings. The van der Waals surface area contributed by atoms with E-state index in [1.807, 2.05) is 13.8 Å². The van der Waals surface area contributed by atoms with Crippen LogP contribution < -0.4 is 5.32 Å². The van der Waals surface area contributed by atoms with E-state index in [0.29, 0.717) is 13.2 Å². The summed E-state index contributed by atoms with van der Waals surface area (Å²) in [5.74, 6) is -1.61. The molecule has 0 heterocycles. The molecule has 0 aromatic rings. The maximum absolute atomic E-state index is 10.8. The Morgan fingerprint density at radius 3 is 2.62 bits per heavy atom. The first-order valence-corrected chi connectivity index (χ1v) is 4.16. The Morgan fingerprint density at radius 1 is 1.54 bits per heavy atom. The van der Waals surface area contributed by atoms with E-state index in [2.05, 4.69) is 5.32 Å². The number of carbonyl (C=O) groups excluding carboxylic acids is 1. The zero-order valence-corrected chi connectivity index (χ0v) is 7.87. The number of hydrogen-bond acceptors (Lipinski definition) is 3. The van der Waals surface area contributed by atoms with Gasteiger partial charge in [-0.1, -0.05) is 0 Å². The van der Waals surface area contributed by atoms with Gasteiger partial charge in [0.25, 0.3) is 0 Å². The second-order valence-corrected chi connectivity index (χ2v) is 2.64. The van der Waals surface area contributed by atoms with Crippen LogP contribution in [0.5, 0.6) is 0 Å². The molecule has 0 rings (SSSR count). The van der Waals surface area contributed by atoms with Crippen molar-refractivity contribution in [3.05, 3.63) is 0 Å². The Kier molecular flexibility index (Phi) is 5.88. The quantitative estimate of drug-likeness (QED) is 0.577. The summed E-state index contributed by atoms with van der Waals surface area (Å²) in [7, 11) is 0. The van der Waals surface area contributed by atoms with Crippen LogP contribution in [0.2, 0.25) is 0 Å². The highest BCUT2D eigenvalue weighted by Crippen LogP contribution is 1.88. The maximum Gasteiger partial charge on any atom is 0.312 e. The summed E-state index contributed by atoms with van der Waals surface area (Å²) in [6.45, 7) is 4.59. The fraction of sp³-hybridized carbons (Fsp3) is 0.750. The third-order valence-electron chi connectivity index (χ3n) is 1.35. The fourth-order valence-electron chi connectivity index (χ4n) is 0.801. The smallest absolute Gasteiger partial charge is 0.312 e. The van der Waals surface area contributed by atoms with Gasteiger partial charge in [-0.05, 0) is 13.8 Å². The molecule has 76 valence electrons. The lowest BCUT2D eigenvalue weighted by Gasteiger charge is -2.11. The van der Waals surface area contributed by atoms with Crippen molar-refractivity contribution in [1.82, 2.24) is 5.32 Å². The van der Waals surface area contributed by atoms with Crippen molar-refractivity contribution in [2.75, 3.05) is 13.2 Å². The molecule has 1 amide bonds.